The summed E-state index contributed by atoms with van der Waals surface area (Å²) in [5, 5.41) is 0. The summed E-state index contributed by atoms with van der Waals surface area (Å²) in [4.78, 5) is 0. The normalized spacial score (nSPS) is 21.0. The molecular weight excluding hydrogens is 172 g/mol. The van der Waals surface area contributed by atoms with Crippen molar-refractivity contribution >= 4 is 0 Å². The molecule has 0 saturated carbocycles. The molecule has 0 aromatic carbocycles. The summed E-state index contributed by atoms with van der Waals surface area (Å²) >= 11 is 0. The molecule has 0 aromatic rings. The van der Waals surface area contributed by atoms with Gasteiger partial charge in [0.1, 0.15) is 6.10 Å². The summed E-state index contributed by atoms with van der Waals surface area (Å²) in [5.41, 5.74) is 0. The maximum atomic E-state index is 5.35. The fraction of sp³-hybridized carbons (Fsp3) is 1.00. The fourth-order valence-electron chi connectivity index (χ4n) is 0.976. The largest absolute Gasteiger partial charge is 0.373 e. The average molecular weight is 190 g/mol. The predicted molar refractivity (Wildman–Crippen MR) is 47.6 cm³/mol. The third-order valence-corrected chi connectivity index (χ3v) is 1.67. The minimum absolute atomic E-state index is 0.228. The highest BCUT2D eigenvalue weighted by Crippen LogP contribution is 2.09. The highest BCUT2D eigenvalue weighted by Gasteiger charge is 2.22. The molecule has 1 heterocycles. The van der Waals surface area contributed by atoms with E-state index in [0.29, 0.717) is 32.5 Å². The lowest BCUT2D eigenvalue weighted by molar-refractivity contribution is -0.167. The van der Waals surface area contributed by atoms with Crippen LogP contribution in [0, 0.1) is 0 Å². The Bertz CT molecular complexity index is 119. The van der Waals surface area contributed by atoms with E-state index in [2.05, 4.69) is 0 Å². The Labute approximate surface area is 79.1 Å². The van der Waals surface area contributed by atoms with E-state index in [-0.39, 0.29) is 6.29 Å². The summed E-state index contributed by atoms with van der Waals surface area (Å²) in [6.45, 7) is 7.14. The molecular formula is C9H18O4. The topological polar surface area (TPSA) is 40.2 Å². The van der Waals surface area contributed by atoms with Gasteiger partial charge in [0.15, 0.2) is 6.29 Å². The summed E-state index contributed by atoms with van der Waals surface area (Å²) in [5.74, 6) is 0. The molecule has 4 nitrogen and oxygen atoms in total. The predicted octanol–water partition coefficient (Wildman–Crippen LogP) is 0.801. The van der Waals surface area contributed by atoms with Crippen LogP contribution in [0.25, 0.3) is 0 Å². The first-order chi connectivity index (χ1) is 6.36. The number of ether oxygens (including phenoxy) is 4. The lowest BCUT2D eigenvalue weighted by Crippen LogP contribution is -2.24. The first kappa shape index (κ1) is 10.9. The van der Waals surface area contributed by atoms with Gasteiger partial charge in [-0.05, 0) is 13.8 Å². The van der Waals surface area contributed by atoms with Crippen LogP contribution in [0.5, 0.6) is 0 Å². The molecule has 0 bridgehead atoms. The molecule has 1 rings (SSSR count). The molecule has 0 N–H and O–H groups in total. The average Bonchev–Trinajstić information content (AvgIpc) is 2.89. The SMILES string of the molecule is CCOC(COC[C@@H]1CO1)OCC. The van der Waals surface area contributed by atoms with Gasteiger partial charge in [-0.15, -0.1) is 0 Å². The molecule has 1 fully saturated rings. The van der Waals surface area contributed by atoms with Gasteiger partial charge in [-0.1, -0.05) is 0 Å². The number of epoxide rings is 1. The zero-order valence-electron chi connectivity index (χ0n) is 8.32. The van der Waals surface area contributed by atoms with Crippen LogP contribution in [0.4, 0.5) is 0 Å². The molecule has 4 heteroatoms. The van der Waals surface area contributed by atoms with Crippen LogP contribution >= 0.6 is 0 Å². The van der Waals surface area contributed by atoms with E-state index < -0.39 is 0 Å². The van der Waals surface area contributed by atoms with E-state index >= 15 is 0 Å². The standard InChI is InChI=1S/C9H18O4/c1-3-11-9(12-4-2)7-10-5-8-6-13-8/h8-9H,3-7H2,1-2H3/t8-/m1/s1. The Kier molecular flexibility index (Phi) is 5.31. The number of rotatable bonds is 8. The van der Waals surface area contributed by atoms with Gasteiger partial charge in [0.05, 0.1) is 19.8 Å². The lowest BCUT2D eigenvalue weighted by atomic mass is 10.5. The van der Waals surface area contributed by atoms with Crippen molar-refractivity contribution in [3.8, 4) is 0 Å². The van der Waals surface area contributed by atoms with Crippen molar-refractivity contribution in [2.45, 2.75) is 26.2 Å². The van der Waals surface area contributed by atoms with Gasteiger partial charge in [0.2, 0.25) is 0 Å². The molecule has 0 aliphatic carbocycles. The molecule has 0 spiro atoms. The molecule has 1 aliphatic heterocycles. The Hall–Kier alpha value is -0.160. The molecule has 78 valence electrons. The third-order valence-electron chi connectivity index (χ3n) is 1.67. The molecule has 13 heavy (non-hydrogen) atoms. The van der Waals surface area contributed by atoms with Gasteiger partial charge in [0, 0.05) is 13.2 Å². The van der Waals surface area contributed by atoms with Crippen molar-refractivity contribution < 1.29 is 18.9 Å². The fourth-order valence-corrected chi connectivity index (χ4v) is 0.976. The van der Waals surface area contributed by atoms with E-state index in [9.17, 15) is 0 Å². The second kappa shape index (κ2) is 6.32. The summed E-state index contributed by atoms with van der Waals surface area (Å²) in [7, 11) is 0. The zero-order chi connectivity index (χ0) is 9.52. The van der Waals surface area contributed by atoms with E-state index in [4.69, 9.17) is 18.9 Å². The van der Waals surface area contributed by atoms with Gasteiger partial charge in [-0.25, -0.2) is 0 Å². The highest BCUT2D eigenvalue weighted by atomic mass is 16.7. The van der Waals surface area contributed by atoms with Crippen LogP contribution in [0.2, 0.25) is 0 Å². The Balaban J connectivity index is 1.98. The van der Waals surface area contributed by atoms with Crippen molar-refractivity contribution in [1.29, 1.82) is 0 Å². The van der Waals surface area contributed by atoms with E-state index in [1.54, 1.807) is 0 Å². The Morgan fingerprint density at radius 1 is 1.31 bits per heavy atom. The van der Waals surface area contributed by atoms with E-state index in [0.717, 1.165) is 6.61 Å². The number of hydrogen-bond acceptors (Lipinski definition) is 4. The molecule has 0 radical (unpaired) electrons. The monoisotopic (exact) mass is 190 g/mol. The molecule has 0 unspecified atom stereocenters. The zero-order valence-corrected chi connectivity index (χ0v) is 8.32. The first-order valence-electron chi connectivity index (χ1n) is 4.79. The Morgan fingerprint density at radius 2 is 1.92 bits per heavy atom. The quantitative estimate of drug-likeness (QED) is 0.419. The van der Waals surface area contributed by atoms with Crippen LogP contribution in [-0.4, -0.2) is 45.4 Å². The molecule has 0 aromatic heterocycles. The van der Waals surface area contributed by atoms with Gasteiger partial charge < -0.3 is 18.9 Å². The van der Waals surface area contributed by atoms with Gasteiger partial charge in [0.25, 0.3) is 0 Å². The summed E-state index contributed by atoms with van der Waals surface area (Å²) < 4.78 is 20.9. The van der Waals surface area contributed by atoms with E-state index in [1.807, 2.05) is 13.8 Å². The first-order valence-corrected chi connectivity index (χ1v) is 4.79. The van der Waals surface area contributed by atoms with Crippen LogP contribution in [0.1, 0.15) is 13.8 Å². The van der Waals surface area contributed by atoms with Crippen LogP contribution in [0.3, 0.4) is 0 Å². The third kappa shape index (κ3) is 5.21. The second-order valence-electron chi connectivity index (χ2n) is 2.83. The minimum atomic E-state index is -0.228. The van der Waals surface area contributed by atoms with Gasteiger partial charge in [-0.2, -0.15) is 0 Å². The molecule has 1 atom stereocenters. The van der Waals surface area contributed by atoms with Gasteiger partial charge in [-0.3, -0.25) is 0 Å². The van der Waals surface area contributed by atoms with Crippen molar-refractivity contribution in [3.63, 3.8) is 0 Å². The molecule has 1 aliphatic rings. The van der Waals surface area contributed by atoms with Gasteiger partial charge >= 0.3 is 0 Å². The minimum Gasteiger partial charge on any atom is -0.373 e. The number of hydrogen-bond donors (Lipinski definition) is 0. The maximum Gasteiger partial charge on any atom is 0.180 e. The summed E-state index contributed by atoms with van der Waals surface area (Å²) in [6.07, 6.45) is 0.0812. The van der Waals surface area contributed by atoms with Crippen LogP contribution in [0.15, 0.2) is 0 Å². The molecule has 0 amide bonds. The van der Waals surface area contributed by atoms with E-state index in [1.165, 1.54) is 0 Å². The van der Waals surface area contributed by atoms with Crippen molar-refractivity contribution in [2.24, 2.45) is 0 Å². The second-order valence-corrected chi connectivity index (χ2v) is 2.83. The highest BCUT2D eigenvalue weighted by molar-refractivity contribution is 4.67. The lowest BCUT2D eigenvalue weighted by Gasteiger charge is -2.16. The van der Waals surface area contributed by atoms with Crippen molar-refractivity contribution in [1.82, 2.24) is 0 Å². The maximum absolute atomic E-state index is 5.35. The van der Waals surface area contributed by atoms with Crippen molar-refractivity contribution in [3.05, 3.63) is 0 Å². The Morgan fingerprint density at radius 3 is 2.38 bits per heavy atom. The smallest absolute Gasteiger partial charge is 0.180 e. The van der Waals surface area contributed by atoms with Crippen LogP contribution < -0.4 is 0 Å². The van der Waals surface area contributed by atoms with Crippen molar-refractivity contribution in [2.75, 3.05) is 33.0 Å². The molecule has 1 saturated heterocycles. The van der Waals surface area contributed by atoms with Crippen LogP contribution in [-0.2, 0) is 18.9 Å². The summed E-state index contributed by atoms with van der Waals surface area (Å²) in [6, 6.07) is 0.